The maximum Gasteiger partial charge on any atom is 0.0899 e. The number of nitrogen functional groups attached to an aromatic ring is 1. The van der Waals surface area contributed by atoms with Gasteiger partial charge in [0, 0.05) is 5.69 Å². The molecule has 0 spiro atoms. The van der Waals surface area contributed by atoms with Gasteiger partial charge in [-0.05, 0) is 36.5 Å². The number of rotatable bonds is 2. The van der Waals surface area contributed by atoms with Gasteiger partial charge < -0.3 is 10.8 Å². The van der Waals surface area contributed by atoms with E-state index in [0.717, 1.165) is 36.1 Å². The molecule has 0 aromatic heterocycles. The number of benzene rings is 1. The average molecular weight is 177 g/mol. The van der Waals surface area contributed by atoms with E-state index in [4.69, 9.17) is 5.73 Å². The standard InChI is InChI=1S/C11H15NO/c1-2-8-3-4-9(7-10(8)12)11(13)5-6-11/h3-4,7,13H,2,5-6,12H2,1H3. The van der Waals surface area contributed by atoms with Gasteiger partial charge in [0.2, 0.25) is 0 Å². The number of hydrogen-bond donors (Lipinski definition) is 2. The van der Waals surface area contributed by atoms with Crippen molar-refractivity contribution >= 4 is 5.69 Å². The van der Waals surface area contributed by atoms with Crippen molar-refractivity contribution in [3.05, 3.63) is 29.3 Å². The molecule has 0 unspecified atom stereocenters. The van der Waals surface area contributed by atoms with Gasteiger partial charge in [-0.1, -0.05) is 19.1 Å². The Labute approximate surface area is 78.4 Å². The summed E-state index contributed by atoms with van der Waals surface area (Å²) in [6.07, 6.45) is 2.69. The molecule has 3 N–H and O–H groups in total. The van der Waals surface area contributed by atoms with Crippen molar-refractivity contribution in [3.8, 4) is 0 Å². The van der Waals surface area contributed by atoms with Crippen LogP contribution in [0.3, 0.4) is 0 Å². The minimum atomic E-state index is -0.555. The molecule has 70 valence electrons. The topological polar surface area (TPSA) is 46.2 Å². The first kappa shape index (κ1) is 8.57. The highest BCUT2D eigenvalue weighted by Gasteiger charge is 2.42. The molecule has 0 heterocycles. The molecule has 1 aromatic carbocycles. The van der Waals surface area contributed by atoms with Gasteiger partial charge in [0.15, 0.2) is 0 Å². The number of aryl methyl sites for hydroxylation is 1. The molecule has 0 aliphatic heterocycles. The summed E-state index contributed by atoms with van der Waals surface area (Å²) in [6.45, 7) is 2.08. The van der Waals surface area contributed by atoms with Crippen LogP contribution in [0.2, 0.25) is 0 Å². The van der Waals surface area contributed by atoms with E-state index in [-0.39, 0.29) is 0 Å². The van der Waals surface area contributed by atoms with Crippen molar-refractivity contribution in [1.29, 1.82) is 0 Å². The van der Waals surface area contributed by atoms with Crippen molar-refractivity contribution in [1.82, 2.24) is 0 Å². The van der Waals surface area contributed by atoms with Crippen LogP contribution in [0.15, 0.2) is 18.2 Å². The van der Waals surface area contributed by atoms with Crippen LogP contribution in [-0.4, -0.2) is 5.11 Å². The third-order valence-electron chi connectivity index (χ3n) is 2.79. The van der Waals surface area contributed by atoms with E-state index in [9.17, 15) is 5.11 Å². The lowest BCUT2D eigenvalue weighted by Gasteiger charge is -2.10. The second-order valence-corrected chi connectivity index (χ2v) is 3.80. The molecule has 2 nitrogen and oxygen atoms in total. The van der Waals surface area contributed by atoms with Crippen molar-refractivity contribution in [2.75, 3.05) is 5.73 Å². The minimum absolute atomic E-state index is 0.555. The molecule has 0 atom stereocenters. The second kappa shape index (κ2) is 2.74. The van der Waals surface area contributed by atoms with Crippen LogP contribution in [0.25, 0.3) is 0 Å². The van der Waals surface area contributed by atoms with Crippen LogP contribution in [0, 0.1) is 0 Å². The first-order chi connectivity index (χ1) is 6.15. The molecule has 1 aromatic rings. The number of hydrogen-bond acceptors (Lipinski definition) is 2. The van der Waals surface area contributed by atoms with E-state index in [1.165, 1.54) is 0 Å². The Kier molecular flexibility index (Phi) is 1.81. The maximum absolute atomic E-state index is 9.83. The Hall–Kier alpha value is -1.02. The number of anilines is 1. The molecule has 13 heavy (non-hydrogen) atoms. The van der Waals surface area contributed by atoms with Gasteiger partial charge in [-0.15, -0.1) is 0 Å². The molecule has 1 aliphatic carbocycles. The third-order valence-corrected chi connectivity index (χ3v) is 2.79. The fraction of sp³-hybridized carbons (Fsp3) is 0.455. The van der Waals surface area contributed by atoms with Crippen molar-refractivity contribution in [3.63, 3.8) is 0 Å². The van der Waals surface area contributed by atoms with Gasteiger partial charge in [-0.2, -0.15) is 0 Å². The van der Waals surface area contributed by atoms with Crippen LogP contribution in [0.4, 0.5) is 5.69 Å². The van der Waals surface area contributed by atoms with Crippen molar-refractivity contribution < 1.29 is 5.11 Å². The first-order valence-electron chi connectivity index (χ1n) is 4.77. The summed E-state index contributed by atoms with van der Waals surface area (Å²) >= 11 is 0. The van der Waals surface area contributed by atoms with Crippen LogP contribution in [-0.2, 0) is 12.0 Å². The lowest BCUT2D eigenvalue weighted by atomic mass is 10.0. The molecule has 1 saturated carbocycles. The molecular formula is C11H15NO. The molecule has 0 radical (unpaired) electrons. The molecule has 2 rings (SSSR count). The van der Waals surface area contributed by atoms with Crippen LogP contribution in [0.1, 0.15) is 30.9 Å². The van der Waals surface area contributed by atoms with E-state index in [1.54, 1.807) is 0 Å². The molecule has 0 amide bonds. The molecule has 2 heteroatoms. The quantitative estimate of drug-likeness (QED) is 0.677. The fourth-order valence-corrected chi connectivity index (χ4v) is 1.61. The van der Waals surface area contributed by atoms with Crippen molar-refractivity contribution in [2.24, 2.45) is 0 Å². The lowest BCUT2D eigenvalue weighted by Crippen LogP contribution is -2.05. The summed E-state index contributed by atoms with van der Waals surface area (Å²) in [5.74, 6) is 0. The molecule has 0 bridgehead atoms. The second-order valence-electron chi connectivity index (χ2n) is 3.80. The molecule has 1 fully saturated rings. The highest BCUT2D eigenvalue weighted by molar-refractivity contribution is 5.51. The Bertz CT molecular complexity index is 329. The maximum atomic E-state index is 9.83. The normalized spacial score (nSPS) is 18.6. The highest BCUT2D eigenvalue weighted by Crippen LogP contribution is 2.45. The highest BCUT2D eigenvalue weighted by atomic mass is 16.3. The minimum Gasteiger partial charge on any atom is -0.398 e. The van der Waals surface area contributed by atoms with Gasteiger partial charge in [-0.3, -0.25) is 0 Å². The predicted octanol–water partition coefficient (Wildman–Crippen LogP) is 1.81. The Morgan fingerprint density at radius 3 is 2.62 bits per heavy atom. The summed E-state index contributed by atoms with van der Waals surface area (Å²) in [7, 11) is 0. The fourth-order valence-electron chi connectivity index (χ4n) is 1.61. The summed E-state index contributed by atoms with van der Waals surface area (Å²) in [4.78, 5) is 0. The monoisotopic (exact) mass is 177 g/mol. The van der Waals surface area contributed by atoms with Gasteiger partial charge >= 0.3 is 0 Å². The van der Waals surface area contributed by atoms with Crippen LogP contribution < -0.4 is 5.73 Å². The van der Waals surface area contributed by atoms with E-state index < -0.39 is 5.60 Å². The average Bonchev–Trinajstić information content (AvgIpc) is 2.85. The van der Waals surface area contributed by atoms with Gasteiger partial charge in [0.25, 0.3) is 0 Å². The zero-order valence-electron chi connectivity index (χ0n) is 7.88. The zero-order chi connectivity index (χ0) is 9.47. The van der Waals surface area contributed by atoms with E-state index in [2.05, 4.69) is 6.92 Å². The molecule has 1 aliphatic rings. The summed E-state index contributed by atoms with van der Waals surface area (Å²) in [6, 6.07) is 5.91. The summed E-state index contributed by atoms with van der Waals surface area (Å²) < 4.78 is 0. The number of nitrogens with two attached hydrogens (primary N) is 1. The van der Waals surface area contributed by atoms with E-state index >= 15 is 0 Å². The Balaban J connectivity index is 2.36. The smallest absolute Gasteiger partial charge is 0.0899 e. The Morgan fingerprint density at radius 2 is 2.15 bits per heavy atom. The first-order valence-corrected chi connectivity index (χ1v) is 4.77. The van der Waals surface area contributed by atoms with Crippen molar-refractivity contribution in [2.45, 2.75) is 31.8 Å². The molecule has 0 saturated heterocycles. The lowest BCUT2D eigenvalue weighted by molar-refractivity contribution is 0.151. The zero-order valence-corrected chi connectivity index (χ0v) is 7.88. The number of aliphatic hydroxyl groups is 1. The van der Waals surface area contributed by atoms with Crippen LogP contribution >= 0.6 is 0 Å². The Morgan fingerprint density at radius 1 is 1.46 bits per heavy atom. The van der Waals surface area contributed by atoms with Gasteiger partial charge in [-0.25, -0.2) is 0 Å². The molecular weight excluding hydrogens is 162 g/mol. The predicted molar refractivity (Wildman–Crippen MR) is 53.4 cm³/mol. The summed E-state index contributed by atoms with van der Waals surface area (Å²) in [5, 5.41) is 9.83. The third kappa shape index (κ3) is 1.42. The van der Waals surface area contributed by atoms with Crippen LogP contribution in [0.5, 0.6) is 0 Å². The van der Waals surface area contributed by atoms with Gasteiger partial charge in [0.1, 0.15) is 0 Å². The van der Waals surface area contributed by atoms with E-state index in [0.29, 0.717) is 0 Å². The SMILES string of the molecule is CCc1ccc(C2(O)CC2)cc1N. The van der Waals surface area contributed by atoms with Gasteiger partial charge in [0.05, 0.1) is 5.60 Å². The van der Waals surface area contributed by atoms with E-state index in [1.807, 2.05) is 18.2 Å². The largest absolute Gasteiger partial charge is 0.398 e. The summed E-state index contributed by atoms with van der Waals surface area (Å²) in [5.41, 5.74) is 8.23.